The van der Waals surface area contributed by atoms with Crippen molar-refractivity contribution in [2.45, 2.75) is 13.3 Å². The Morgan fingerprint density at radius 3 is 2.67 bits per heavy atom. The zero-order chi connectivity index (χ0) is 10.7. The SMILES string of the molecule is CCc1ccc(-c2cccnc2)cc1Cl. The Hall–Kier alpha value is -1.34. The van der Waals surface area contributed by atoms with Crippen LogP contribution in [-0.2, 0) is 6.42 Å². The van der Waals surface area contributed by atoms with Crippen LogP contribution in [0.5, 0.6) is 0 Å². The van der Waals surface area contributed by atoms with Crippen LogP contribution in [0.2, 0.25) is 5.02 Å². The van der Waals surface area contributed by atoms with Crippen LogP contribution in [0.3, 0.4) is 0 Å². The lowest BCUT2D eigenvalue weighted by Gasteiger charge is -2.05. The monoisotopic (exact) mass is 217 g/mol. The maximum atomic E-state index is 6.16. The van der Waals surface area contributed by atoms with Gasteiger partial charge in [0.15, 0.2) is 0 Å². The van der Waals surface area contributed by atoms with E-state index < -0.39 is 0 Å². The Labute approximate surface area is 94.7 Å². The van der Waals surface area contributed by atoms with Gasteiger partial charge in [-0.25, -0.2) is 0 Å². The normalized spacial score (nSPS) is 10.3. The van der Waals surface area contributed by atoms with Crippen LogP contribution in [0, 0.1) is 0 Å². The minimum Gasteiger partial charge on any atom is -0.264 e. The van der Waals surface area contributed by atoms with Crippen molar-refractivity contribution in [1.82, 2.24) is 4.98 Å². The topological polar surface area (TPSA) is 12.9 Å². The number of benzene rings is 1. The fourth-order valence-corrected chi connectivity index (χ4v) is 1.86. The molecule has 2 aromatic rings. The zero-order valence-electron chi connectivity index (χ0n) is 8.57. The summed E-state index contributed by atoms with van der Waals surface area (Å²) < 4.78 is 0. The molecule has 0 aliphatic heterocycles. The number of aromatic nitrogens is 1. The molecular formula is C13H12ClN. The number of pyridine rings is 1. The van der Waals surface area contributed by atoms with Gasteiger partial charge in [-0.05, 0) is 29.7 Å². The highest BCUT2D eigenvalue weighted by atomic mass is 35.5. The summed E-state index contributed by atoms with van der Waals surface area (Å²) in [6.45, 7) is 2.10. The molecule has 0 atom stereocenters. The quantitative estimate of drug-likeness (QED) is 0.742. The van der Waals surface area contributed by atoms with E-state index in [1.807, 2.05) is 24.4 Å². The molecule has 0 saturated carbocycles. The van der Waals surface area contributed by atoms with E-state index in [9.17, 15) is 0 Å². The van der Waals surface area contributed by atoms with Crippen LogP contribution in [0.15, 0.2) is 42.7 Å². The minimum absolute atomic E-state index is 0.832. The second-order valence-electron chi connectivity index (χ2n) is 3.40. The van der Waals surface area contributed by atoms with E-state index in [0.717, 1.165) is 22.6 Å². The van der Waals surface area contributed by atoms with E-state index in [0.29, 0.717) is 0 Å². The highest BCUT2D eigenvalue weighted by Gasteiger charge is 2.01. The van der Waals surface area contributed by atoms with Crippen LogP contribution in [0.1, 0.15) is 12.5 Å². The summed E-state index contributed by atoms with van der Waals surface area (Å²) >= 11 is 6.16. The number of aryl methyl sites for hydroxylation is 1. The summed E-state index contributed by atoms with van der Waals surface area (Å²) in [5.41, 5.74) is 3.40. The largest absolute Gasteiger partial charge is 0.264 e. The van der Waals surface area contributed by atoms with Crippen molar-refractivity contribution in [3.63, 3.8) is 0 Å². The molecule has 1 aromatic heterocycles. The van der Waals surface area contributed by atoms with Gasteiger partial charge in [-0.3, -0.25) is 4.98 Å². The van der Waals surface area contributed by atoms with E-state index in [2.05, 4.69) is 24.0 Å². The number of nitrogens with zero attached hydrogens (tertiary/aromatic N) is 1. The molecule has 76 valence electrons. The summed E-state index contributed by atoms with van der Waals surface area (Å²) in [6, 6.07) is 10.1. The first kappa shape index (κ1) is 10.2. The average molecular weight is 218 g/mol. The molecular weight excluding hydrogens is 206 g/mol. The number of hydrogen-bond donors (Lipinski definition) is 0. The first-order chi connectivity index (χ1) is 7.31. The van der Waals surface area contributed by atoms with E-state index in [4.69, 9.17) is 11.6 Å². The summed E-state index contributed by atoms with van der Waals surface area (Å²) in [5, 5.41) is 0.832. The number of rotatable bonds is 2. The van der Waals surface area contributed by atoms with Crippen molar-refractivity contribution >= 4 is 11.6 Å². The van der Waals surface area contributed by atoms with Crippen LogP contribution in [0.25, 0.3) is 11.1 Å². The molecule has 0 spiro atoms. The van der Waals surface area contributed by atoms with E-state index in [1.54, 1.807) is 6.20 Å². The van der Waals surface area contributed by atoms with Gasteiger partial charge in [-0.1, -0.05) is 36.7 Å². The summed E-state index contributed by atoms with van der Waals surface area (Å²) in [4.78, 5) is 4.09. The van der Waals surface area contributed by atoms with E-state index >= 15 is 0 Å². The highest BCUT2D eigenvalue weighted by Crippen LogP contribution is 2.25. The predicted molar refractivity (Wildman–Crippen MR) is 64.1 cm³/mol. The van der Waals surface area contributed by atoms with Crippen LogP contribution in [0.4, 0.5) is 0 Å². The Morgan fingerprint density at radius 2 is 2.07 bits per heavy atom. The van der Waals surface area contributed by atoms with E-state index in [-0.39, 0.29) is 0 Å². The molecule has 0 N–H and O–H groups in total. The molecule has 1 nitrogen and oxygen atoms in total. The Bertz CT molecular complexity index is 451. The lowest BCUT2D eigenvalue weighted by Crippen LogP contribution is -1.84. The summed E-state index contributed by atoms with van der Waals surface area (Å²) in [7, 11) is 0. The van der Waals surface area contributed by atoms with Gasteiger partial charge < -0.3 is 0 Å². The molecule has 0 amide bonds. The Balaban J connectivity index is 2.43. The van der Waals surface area contributed by atoms with Gasteiger partial charge in [0.05, 0.1) is 0 Å². The summed E-state index contributed by atoms with van der Waals surface area (Å²) in [6.07, 6.45) is 4.58. The number of hydrogen-bond acceptors (Lipinski definition) is 1. The minimum atomic E-state index is 0.832. The number of halogens is 1. The third-order valence-corrected chi connectivity index (χ3v) is 2.78. The second kappa shape index (κ2) is 4.45. The van der Waals surface area contributed by atoms with Crippen molar-refractivity contribution < 1.29 is 0 Å². The fourth-order valence-electron chi connectivity index (χ4n) is 1.55. The summed E-state index contributed by atoms with van der Waals surface area (Å²) in [5.74, 6) is 0. The zero-order valence-corrected chi connectivity index (χ0v) is 9.33. The first-order valence-corrected chi connectivity index (χ1v) is 5.38. The molecule has 0 bridgehead atoms. The van der Waals surface area contributed by atoms with Gasteiger partial charge >= 0.3 is 0 Å². The third kappa shape index (κ3) is 2.18. The van der Waals surface area contributed by atoms with Crippen LogP contribution >= 0.6 is 11.6 Å². The van der Waals surface area contributed by atoms with Crippen LogP contribution in [-0.4, -0.2) is 4.98 Å². The molecule has 0 radical (unpaired) electrons. The van der Waals surface area contributed by atoms with Gasteiger partial charge in [-0.15, -0.1) is 0 Å². The molecule has 1 aromatic carbocycles. The van der Waals surface area contributed by atoms with Gasteiger partial charge in [0.25, 0.3) is 0 Å². The first-order valence-electron chi connectivity index (χ1n) is 5.00. The van der Waals surface area contributed by atoms with Crippen molar-refractivity contribution in [3.05, 3.63) is 53.3 Å². The lowest BCUT2D eigenvalue weighted by molar-refractivity contribution is 1.14. The maximum Gasteiger partial charge on any atom is 0.0444 e. The maximum absolute atomic E-state index is 6.16. The average Bonchev–Trinajstić information content (AvgIpc) is 2.30. The van der Waals surface area contributed by atoms with Crippen LogP contribution < -0.4 is 0 Å². The molecule has 0 saturated heterocycles. The molecule has 0 fully saturated rings. The fraction of sp³-hybridized carbons (Fsp3) is 0.154. The van der Waals surface area contributed by atoms with Gasteiger partial charge in [0, 0.05) is 23.0 Å². The Kier molecular flexibility index (Phi) is 3.02. The van der Waals surface area contributed by atoms with E-state index in [1.165, 1.54) is 5.56 Å². The smallest absolute Gasteiger partial charge is 0.0444 e. The van der Waals surface area contributed by atoms with Crippen molar-refractivity contribution in [3.8, 4) is 11.1 Å². The van der Waals surface area contributed by atoms with Gasteiger partial charge in [0.1, 0.15) is 0 Å². The highest BCUT2D eigenvalue weighted by molar-refractivity contribution is 6.31. The van der Waals surface area contributed by atoms with Crippen molar-refractivity contribution in [2.24, 2.45) is 0 Å². The standard InChI is InChI=1S/C13H12ClN/c1-2-10-5-6-11(8-13(10)14)12-4-3-7-15-9-12/h3-9H,2H2,1H3. The van der Waals surface area contributed by atoms with Crippen molar-refractivity contribution in [1.29, 1.82) is 0 Å². The molecule has 15 heavy (non-hydrogen) atoms. The molecule has 0 unspecified atom stereocenters. The lowest BCUT2D eigenvalue weighted by atomic mass is 10.0. The molecule has 2 heteroatoms. The van der Waals surface area contributed by atoms with Gasteiger partial charge in [-0.2, -0.15) is 0 Å². The predicted octanol–water partition coefficient (Wildman–Crippen LogP) is 3.96. The molecule has 2 rings (SSSR count). The molecule has 0 aliphatic rings. The third-order valence-electron chi connectivity index (χ3n) is 2.43. The Morgan fingerprint density at radius 1 is 1.20 bits per heavy atom. The van der Waals surface area contributed by atoms with Gasteiger partial charge in [0.2, 0.25) is 0 Å². The molecule has 1 heterocycles. The van der Waals surface area contributed by atoms with Crippen molar-refractivity contribution in [2.75, 3.05) is 0 Å². The molecule has 0 aliphatic carbocycles. The second-order valence-corrected chi connectivity index (χ2v) is 3.81.